The summed E-state index contributed by atoms with van der Waals surface area (Å²) in [7, 11) is 0. The van der Waals surface area contributed by atoms with Gasteiger partial charge in [0.05, 0.1) is 4.58 Å². The number of amides is 1. The van der Waals surface area contributed by atoms with Crippen molar-refractivity contribution in [2.75, 3.05) is 24.6 Å². The van der Waals surface area contributed by atoms with Gasteiger partial charge in [0, 0.05) is 18.7 Å². The van der Waals surface area contributed by atoms with Gasteiger partial charge in [0.25, 0.3) is 5.91 Å². The molecule has 2 nitrogen and oxygen atoms in total. The quantitative estimate of drug-likeness (QED) is 0.721. The van der Waals surface area contributed by atoms with Crippen LogP contribution in [0.15, 0.2) is 24.3 Å². The molecule has 2 saturated heterocycles. The zero-order valence-electron chi connectivity index (χ0n) is 14.3. The van der Waals surface area contributed by atoms with Crippen LogP contribution in [0.4, 0.5) is 0 Å². The van der Waals surface area contributed by atoms with E-state index in [0.29, 0.717) is 4.58 Å². The Balaban J connectivity index is 1.40. The predicted octanol–water partition coefficient (Wildman–Crippen LogP) is 5.21. The van der Waals surface area contributed by atoms with Crippen molar-refractivity contribution in [3.63, 3.8) is 0 Å². The van der Waals surface area contributed by atoms with Crippen molar-refractivity contribution < 1.29 is 4.79 Å². The van der Waals surface area contributed by atoms with Crippen LogP contribution in [0.3, 0.4) is 0 Å². The Morgan fingerprint density at radius 3 is 2.38 bits per heavy atom. The van der Waals surface area contributed by atoms with Gasteiger partial charge in [0.2, 0.25) is 0 Å². The molecule has 2 heterocycles. The Morgan fingerprint density at radius 2 is 1.62 bits per heavy atom. The van der Waals surface area contributed by atoms with Gasteiger partial charge in [-0.25, -0.2) is 0 Å². The number of rotatable bonds is 2. The van der Waals surface area contributed by atoms with Crippen LogP contribution in [-0.2, 0) is 0 Å². The van der Waals surface area contributed by atoms with Gasteiger partial charge in [0.15, 0.2) is 0 Å². The summed E-state index contributed by atoms with van der Waals surface area (Å²) in [6.45, 7) is 1.94. The Bertz CT molecular complexity index is 568. The highest BCUT2D eigenvalue weighted by Gasteiger charge is 2.33. The van der Waals surface area contributed by atoms with Crippen molar-refractivity contribution >= 4 is 29.4 Å². The molecule has 0 bridgehead atoms. The molecule has 0 spiro atoms. The van der Waals surface area contributed by atoms with Crippen LogP contribution in [0.5, 0.6) is 0 Å². The first-order valence-electron chi connectivity index (χ1n) is 9.44. The molecule has 0 radical (unpaired) electrons. The molecule has 1 amide bonds. The summed E-state index contributed by atoms with van der Waals surface area (Å²) in [6.07, 6.45) is 7.99. The van der Waals surface area contributed by atoms with Gasteiger partial charge in [-0.3, -0.25) is 4.79 Å². The molecule has 0 aromatic heterocycles. The Kier molecular flexibility index (Phi) is 5.43. The summed E-state index contributed by atoms with van der Waals surface area (Å²) in [5.74, 6) is 4.40. The lowest BCUT2D eigenvalue weighted by atomic mass is 9.75. The van der Waals surface area contributed by atoms with Crippen LogP contribution in [0.1, 0.15) is 59.0 Å². The van der Waals surface area contributed by atoms with E-state index < -0.39 is 0 Å². The van der Waals surface area contributed by atoms with Crippen molar-refractivity contribution in [3.8, 4) is 0 Å². The zero-order chi connectivity index (χ0) is 16.4. The summed E-state index contributed by atoms with van der Waals surface area (Å²) in [5.41, 5.74) is 2.24. The number of hydrogen-bond acceptors (Lipinski definition) is 3. The standard InChI is InChI=1S/C20H27NOS2/c22-19(21-11-10-15-4-1-2-5-18(15)14-21)16-6-8-17(9-7-16)20-23-12-3-13-24-20/h6-9,15,18,20H,1-5,10-14H2/t15-,18+/m1/s1. The predicted molar refractivity (Wildman–Crippen MR) is 105 cm³/mol. The van der Waals surface area contributed by atoms with E-state index in [1.165, 1.54) is 55.6 Å². The summed E-state index contributed by atoms with van der Waals surface area (Å²) in [6, 6.07) is 8.47. The molecule has 0 N–H and O–H groups in total. The fourth-order valence-corrected chi connectivity index (χ4v) is 7.33. The number of carbonyl (C=O) groups is 1. The molecule has 1 aliphatic carbocycles. The van der Waals surface area contributed by atoms with E-state index in [4.69, 9.17) is 0 Å². The third kappa shape index (κ3) is 3.65. The van der Waals surface area contributed by atoms with Gasteiger partial charge in [-0.1, -0.05) is 31.4 Å². The van der Waals surface area contributed by atoms with Gasteiger partial charge in [-0.05, 0) is 60.3 Å². The second-order valence-electron chi connectivity index (χ2n) is 7.39. The summed E-state index contributed by atoms with van der Waals surface area (Å²) >= 11 is 4.08. The molecule has 0 unspecified atom stereocenters. The maximum absolute atomic E-state index is 12.9. The normalized spacial score (nSPS) is 28.4. The summed E-state index contributed by atoms with van der Waals surface area (Å²) in [4.78, 5) is 15.0. The topological polar surface area (TPSA) is 20.3 Å². The van der Waals surface area contributed by atoms with Crippen LogP contribution in [0, 0.1) is 11.8 Å². The van der Waals surface area contributed by atoms with Crippen molar-refractivity contribution in [1.82, 2.24) is 4.90 Å². The molecule has 3 fully saturated rings. The first-order valence-corrected chi connectivity index (χ1v) is 11.5. The average molecular weight is 362 g/mol. The van der Waals surface area contributed by atoms with Gasteiger partial charge in [-0.2, -0.15) is 0 Å². The fourth-order valence-electron chi connectivity index (χ4n) is 4.43. The van der Waals surface area contributed by atoms with E-state index in [9.17, 15) is 4.79 Å². The maximum atomic E-state index is 12.9. The molecular weight excluding hydrogens is 334 g/mol. The van der Waals surface area contributed by atoms with E-state index in [-0.39, 0.29) is 5.91 Å². The Morgan fingerprint density at radius 1 is 0.917 bits per heavy atom. The van der Waals surface area contributed by atoms with Gasteiger partial charge in [0.1, 0.15) is 0 Å². The van der Waals surface area contributed by atoms with Gasteiger partial charge < -0.3 is 4.90 Å². The molecule has 1 aromatic rings. The maximum Gasteiger partial charge on any atom is 0.253 e. The zero-order valence-corrected chi connectivity index (χ0v) is 15.9. The minimum Gasteiger partial charge on any atom is -0.338 e. The number of benzene rings is 1. The largest absolute Gasteiger partial charge is 0.338 e. The second kappa shape index (κ2) is 7.74. The van der Waals surface area contributed by atoms with E-state index in [1.54, 1.807) is 0 Å². The van der Waals surface area contributed by atoms with Crippen molar-refractivity contribution in [2.24, 2.45) is 11.8 Å². The van der Waals surface area contributed by atoms with Crippen molar-refractivity contribution in [3.05, 3.63) is 35.4 Å². The average Bonchev–Trinajstić information content (AvgIpc) is 2.68. The molecular formula is C20H27NOS2. The van der Waals surface area contributed by atoms with Crippen LogP contribution in [0.2, 0.25) is 0 Å². The first-order chi connectivity index (χ1) is 11.8. The minimum atomic E-state index is 0.245. The number of hydrogen-bond donors (Lipinski definition) is 0. The molecule has 4 heteroatoms. The first kappa shape index (κ1) is 16.8. The molecule has 4 rings (SSSR count). The lowest BCUT2D eigenvalue weighted by Gasteiger charge is -2.41. The highest BCUT2D eigenvalue weighted by atomic mass is 32.2. The number of carbonyl (C=O) groups excluding carboxylic acids is 1. The summed E-state index contributed by atoms with van der Waals surface area (Å²) in [5, 5.41) is 0. The molecule has 2 atom stereocenters. The van der Waals surface area contributed by atoms with E-state index in [0.717, 1.165) is 30.5 Å². The van der Waals surface area contributed by atoms with Crippen LogP contribution < -0.4 is 0 Å². The summed E-state index contributed by atoms with van der Waals surface area (Å²) < 4.78 is 0.556. The lowest BCUT2D eigenvalue weighted by molar-refractivity contribution is 0.0521. The lowest BCUT2D eigenvalue weighted by Crippen LogP contribution is -2.44. The molecule has 24 heavy (non-hydrogen) atoms. The fraction of sp³-hybridized carbons (Fsp3) is 0.650. The molecule has 1 aromatic carbocycles. The number of likely N-dealkylation sites (tertiary alicyclic amines) is 1. The molecule has 1 saturated carbocycles. The molecule has 2 aliphatic heterocycles. The van der Waals surface area contributed by atoms with E-state index in [2.05, 4.69) is 29.2 Å². The number of thioether (sulfide) groups is 2. The van der Waals surface area contributed by atoms with Gasteiger partial charge in [-0.15, -0.1) is 23.5 Å². The highest BCUT2D eigenvalue weighted by molar-refractivity contribution is 8.16. The highest BCUT2D eigenvalue weighted by Crippen LogP contribution is 2.43. The van der Waals surface area contributed by atoms with Crippen LogP contribution in [-0.4, -0.2) is 35.4 Å². The minimum absolute atomic E-state index is 0.245. The SMILES string of the molecule is O=C(c1ccc(C2SCCCS2)cc1)N1CC[C@H]2CCCC[C@H]2C1. The van der Waals surface area contributed by atoms with Gasteiger partial charge >= 0.3 is 0 Å². The van der Waals surface area contributed by atoms with Crippen molar-refractivity contribution in [1.29, 1.82) is 0 Å². The van der Waals surface area contributed by atoms with Crippen LogP contribution in [0.25, 0.3) is 0 Å². The van der Waals surface area contributed by atoms with Crippen LogP contribution >= 0.6 is 23.5 Å². The van der Waals surface area contributed by atoms with E-state index >= 15 is 0 Å². The second-order valence-corrected chi connectivity index (χ2v) is 10.1. The molecule has 130 valence electrons. The smallest absolute Gasteiger partial charge is 0.253 e. The number of nitrogens with zero attached hydrogens (tertiary/aromatic N) is 1. The Hall–Kier alpha value is -0.610. The molecule has 3 aliphatic rings. The number of fused-ring (bicyclic) bond motifs is 1. The monoisotopic (exact) mass is 361 g/mol. The van der Waals surface area contributed by atoms with Crippen molar-refractivity contribution in [2.45, 2.75) is 43.1 Å². The third-order valence-electron chi connectivity index (χ3n) is 5.84. The van der Waals surface area contributed by atoms with E-state index in [1.807, 2.05) is 23.5 Å². The third-order valence-corrected chi connectivity index (χ3v) is 8.85. The number of piperidine rings is 1. The Labute approximate surface area is 154 Å².